The van der Waals surface area contributed by atoms with Crippen LogP contribution in [0.25, 0.3) is 0 Å². The van der Waals surface area contributed by atoms with Crippen LogP contribution < -0.4 is 0 Å². The lowest BCUT2D eigenvalue weighted by atomic mass is 9.45. The summed E-state index contributed by atoms with van der Waals surface area (Å²) in [5, 5.41) is 0. The van der Waals surface area contributed by atoms with E-state index >= 15 is 0 Å². The molecule has 4 aliphatic carbocycles. The number of ether oxygens (including phenoxy) is 1. The zero-order valence-electron chi connectivity index (χ0n) is 18.7. The summed E-state index contributed by atoms with van der Waals surface area (Å²) in [6.07, 6.45) is 7.47. The molecule has 8 atom stereocenters. The van der Waals surface area contributed by atoms with Crippen LogP contribution in [0.5, 0.6) is 0 Å². The van der Waals surface area contributed by atoms with E-state index in [4.69, 9.17) is 4.74 Å². The number of hydrogen-bond donors (Lipinski definition) is 0. The summed E-state index contributed by atoms with van der Waals surface area (Å²) in [5.74, 6) is 0.358. The lowest BCUT2D eigenvalue weighted by Gasteiger charge is -2.58. The van der Waals surface area contributed by atoms with Gasteiger partial charge in [-0.25, -0.2) is 4.39 Å². The molecular formula is C25H35FO4. The Labute approximate surface area is 179 Å². The van der Waals surface area contributed by atoms with Crippen molar-refractivity contribution >= 4 is 17.5 Å². The minimum atomic E-state index is -0.601. The van der Waals surface area contributed by atoms with Crippen LogP contribution in [0.15, 0.2) is 11.9 Å². The second kappa shape index (κ2) is 7.56. The van der Waals surface area contributed by atoms with Gasteiger partial charge in [0, 0.05) is 25.2 Å². The maximum absolute atomic E-state index is 14.3. The Morgan fingerprint density at radius 3 is 2.63 bits per heavy atom. The van der Waals surface area contributed by atoms with E-state index in [2.05, 4.69) is 20.8 Å². The molecule has 0 aromatic heterocycles. The van der Waals surface area contributed by atoms with E-state index in [-0.39, 0.29) is 35.6 Å². The number of carbonyl (C=O) groups excluding carboxylic acids is 3. The minimum Gasteiger partial charge on any atom is -0.469 e. The van der Waals surface area contributed by atoms with Crippen molar-refractivity contribution in [2.24, 2.45) is 46.3 Å². The number of hydrogen-bond acceptors (Lipinski definition) is 4. The van der Waals surface area contributed by atoms with Gasteiger partial charge in [0.1, 0.15) is 5.78 Å². The van der Waals surface area contributed by atoms with E-state index in [0.717, 1.165) is 32.1 Å². The first-order chi connectivity index (χ1) is 14.1. The summed E-state index contributed by atoms with van der Waals surface area (Å²) in [6.45, 7) is 6.67. The van der Waals surface area contributed by atoms with Gasteiger partial charge in [0.25, 0.3) is 0 Å². The van der Waals surface area contributed by atoms with E-state index in [9.17, 15) is 18.8 Å². The van der Waals surface area contributed by atoms with Crippen molar-refractivity contribution in [3.8, 4) is 0 Å². The van der Waals surface area contributed by atoms with E-state index in [0.29, 0.717) is 36.4 Å². The third-order valence-electron chi connectivity index (χ3n) is 9.70. The molecule has 4 aliphatic rings. The third-order valence-corrected chi connectivity index (χ3v) is 9.70. The lowest BCUT2D eigenvalue weighted by Crippen LogP contribution is -2.56. The Balaban J connectivity index is 1.58. The van der Waals surface area contributed by atoms with E-state index < -0.39 is 17.0 Å². The fourth-order valence-corrected chi connectivity index (χ4v) is 8.00. The van der Waals surface area contributed by atoms with Crippen molar-refractivity contribution in [2.45, 2.75) is 72.1 Å². The fraction of sp³-hybridized carbons (Fsp3) is 0.800. The van der Waals surface area contributed by atoms with Crippen molar-refractivity contribution in [3.63, 3.8) is 0 Å². The molecule has 30 heavy (non-hydrogen) atoms. The molecular weight excluding hydrogens is 383 g/mol. The molecule has 0 aromatic carbocycles. The van der Waals surface area contributed by atoms with E-state index in [1.165, 1.54) is 7.11 Å². The Bertz CT molecular complexity index is 788. The first kappa shape index (κ1) is 21.7. The summed E-state index contributed by atoms with van der Waals surface area (Å²) >= 11 is 0. The molecule has 166 valence electrons. The van der Waals surface area contributed by atoms with Gasteiger partial charge in [-0.3, -0.25) is 14.4 Å². The number of esters is 1. The highest BCUT2D eigenvalue weighted by Crippen LogP contribution is 2.67. The number of methoxy groups -OCH3 is 1. The first-order valence-electron chi connectivity index (χ1n) is 11.6. The van der Waals surface area contributed by atoms with Gasteiger partial charge in [-0.1, -0.05) is 20.8 Å². The van der Waals surface area contributed by atoms with Crippen molar-refractivity contribution < 1.29 is 23.5 Å². The highest BCUT2D eigenvalue weighted by Gasteiger charge is 2.63. The molecule has 0 amide bonds. The summed E-state index contributed by atoms with van der Waals surface area (Å²) in [5.41, 5.74) is -0.311. The molecule has 0 aliphatic heterocycles. The maximum atomic E-state index is 14.3. The van der Waals surface area contributed by atoms with Crippen molar-refractivity contribution in [1.29, 1.82) is 0 Å². The first-order valence-corrected chi connectivity index (χ1v) is 11.6. The van der Waals surface area contributed by atoms with Gasteiger partial charge in [-0.2, -0.15) is 0 Å². The molecule has 0 saturated heterocycles. The Morgan fingerprint density at radius 2 is 1.93 bits per heavy atom. The molecule has 3 saturated carbocycles. The highest BCUT2D eigenvalue weighted by atomic mass is 19.1. The summed E-state index contributed by atoms with van der Waals surface area (Å²) < 4.78 is 19.1. The Hall–Kier alpha value is -1.52. The number of carbonyl (C=O) groups is 3. The molecule has 0 unspecified atom stereocenters. The van der Waals surface area contributed by atoms with Crippen LogP contribution in [0.2, 0.25) is 0 Å². The highest BCUT2D eigenvalue weighted by molar-refractivity contribution is 5.95. The quantitative estimate of drug-likeness (QED) is 0.599. The average molecular weight is 419 g/mol. The summed E-state index contributed by atoms with van der Waals surface area (Å²) in [4.78, 5) is 36.9. The van der Waals surface area contributed by atoms with Gasteiger partial charge in [0.05, 0.1) is 7.11 Å². The second-order valence-electron chi connectivity index (χ2n) is 10.9. The van der Waals surface area contributed by atoms with Crippen LogP contribution in [0.3, 0.4) is 0 Å². The van der Waals surface area contributed by atoms with Crippen LogP contribution in [0, 0.1) is 46.3 Å². The molecule has 0 spiro atoms. The van der Waals surface area contributed by atoms with Gasteiger partial charge >= 0.3 is 5.97 Å². The van der Waals surface area contributed by atoms with Gasteiger partial charge in [-0.15, -0.1) is 0 Å². The molecule has 5 heteroatoms. The largest absolute Gasteiger partial charge is 0.469 e. The zero-order chi connectivity index (χ0) is 21.8. The molecule has 0 N–H and O–H groups in total. The molecule has 0 heterocycles. The van der Waals surface area contributed by atoms with Gasteiger partial charge < -0.3 is 4.74 Å². The molecule has 0 aromatic rings. The van der Waals surface area contributed by atoms with Crippen LogP contribution in [0.1, 0.15) is 72.1 Å². The maximum Gasteiger partial charge on any atom is 0.305 e. The molecule has 0 bridgehead atoms. The standard InChI is InChI=1S/C25H35FO4/c1-14(5-8-22(29)30-4)16-6-7-17-23-18(9-10-24(16,17)2)25(3)13-19(26)20(27)11-15(25)12-21(23)28/h13-18,23H,5-12H2,1-4H3/t14-,15+,16-,17+,18+,23+,24-,25+/m1/s1. The summed E-state index contributed by atoms with van der Waals surface area (Å²) in [6, 6.07) is 0. The summed E-state index contributed by atoms with van der Waals surface area (Å²) in [7, 11) is 1.43. The van der Waals surface area contributed by atoms with Gasteiger partial charge in [0.15, 0.2) is 11.6 Å². The molecule has 0 radical (unpaired) electrons. The monoisotopic (exact) mass is 418 g/mol. The lowest BCUT2D eigenvalue weighted by molar-refractivity contribution is -0.150. The number of rotatable bonds is 4. The van der Waals surface area contributed by atoms with Crippen molar-refractivity contribution in [2.75, 3.05) is 7.11 Å². The van der Waals surface area contributed by atoms with Crippen LogP contribution in [-0.2, 0) is 19.1 Å². The van der Waals surface area contributed by atoms with Gasteiger partial charge in [0.2, 0.25) is 0 Å². The van der Waals surface area contributed by atoms with Crippen LogP contribution in [-0.4, -0.2) is 24.6 Å². The number of halogens is 1. The normalized spacial score (nSPS) is 43.9. The van der Waals surface area contributed by atoms with Crippen LogP contribution in [0.4, 0.5) is 4.39 Å². The molecule has 4 rings (SSSR count). The van der Waals surface area contributed by atoms with Gasteiger partial charge in [-0.05, 0) is 78.6 Å². The van der Waals surface area contributed by atoms with Crippen molar-refractivity contribution in [3.05, 3.63) is 11.9 Å². The Kier molecular flexibility index (Phi) is 5.47. The number of fused-ring (bicyclic) bond motifs is 5. The minimum absolute atomic E-state index is 0.0277. The average Bonchev–Trinajstić information content (AvgIpc) is 3.05. The number of ketones is 2. The Morgan fingerprint density at radius 1 is 1.20 bits per heavy atom. The predicted molar refractivity (Wildman–Crippen MR) is 111 cm³/mol. The number of allylic oxidation sites excluding steroid dienone is 2. The van der Waals surface area contributed by atoms with E-state index in [1.807, 2.05) is 0 Å². The molecule has 4 nitrogen and oxygen atoms in total. The zero-order valence-corrected chi connectivity index (χ0v) is 18.7. The van der Waals surface area contributed by atoms with Crippen LogP contribution >= 0.6 is 0 Å². The predicted octanol–water partition coefficient (Wildman–Crippen LogP) is 5.06. The van der Waals surface area contributed by atoms with Crippen molar-refractivity contribution in [1.82, 2.24) is 0 Å². The number of Topliss-reactive ketones (excluding diaryl/α,β-unsaturated/α-hetero) is 2. The fourth-order valence-electron chi connectivity index (χ4n) is 8.00. The topological polar surface area (TPSA) is 60.4 Å². The second-order valence-corrected chi connectivity index (χ2v) is 10.9. The molecule has 3 fully saturated rings. The smallest absolute Gasteiger partial charge is 0.305 e. The third kappa shape index (κ3) is 3.18. The SMILES string of the molecule is COC(=O)CC[C@@H](C)[C@H]1CC[C@H]2[C@@H]3C(=O)C[C@@H]4CC(=O)C(F)=C[C@]4(C)[C@H]3CC[C@]12C. The van der Waals surface area contributed by atoms with E-state index in [1.54, 1.807) is 6.08 Å².